The number of aromatic nitrogens is 4. The smallest absolute Gasteiger partial charge is 0.275 e. The Balaban J connectivity index is 1.41. The van der Waals surface area contributed by atoms with Crippen LogP contribution in [0.5, 0.6) is 0 Å². The zero-order valence-electron chi connectivity index (χ0n) is 18.2. The molecule has 0 bridgehead atoms. The molecule has 0 radical (unpaired) electrons. The highest BCUT2D eigenvalue weighted by Crippen LogP contribution is 2.21. The van der Waals surface area contributed by atoms with E-state index in [1.807, 2.05) is 30.3 Å². The van der Waals surface area contributed by atoms with E-state index in [4.69, 9.17) is 5.73 Å². The fourth-order valence-corrected chi connectivity index (χ4v) is 3.21. The number of amides is 3. The van der Waals surface area contributed by atoms with Crippen molar-refractivity contribution in [2.75, 3.05) is 10.6 Å². The van der Waals surface area contributed by atoms with Crippen LogP contribution >= 0.6 is 0 Å². The minimum Gasteiger partial charge on any atom is -0.381 e. The lowest BCUT2D eigenvalue weighted by Crippen LogP contribution is -2.42. The fraction of sp³-hybridized carbons (Fsp3) is 0.130. The normalized spacial score (nSPS) is 11.6. The second-order valence-electron chi connectivity index (χ2n) is 7.53. The topological polar surface area (TPSA) is 168 Å². The number of nitrogens with one attached hydrogen (secondary N) is 4. The van der Waals surface area contributed by atoms with Crippen molar-refractivity contribution >= 4 is 40.0 Å². The first-order valence-corrected chi connectivity index (χ1v) is 10.4. The molecule has 4 rings (SSSR count). The number of benzene rings is 2. The van der Waals surface area contributed by atoms with Crippen molar-refractivity contribution in [3.63, 3.8) is 0 Å². The van der Waals surface area contributed by atoms with Gasteiger partial charge >= 0.3 is 0 Å². The molecule has 11 nitrogen and oxygen atoms in total. The van der Waals surface area contributed by atoms with Crippen LogP contribution in [0.4, 0.5) is 11.4 Å². The van der Waals surface area contributed by atoms with Gasteiger partial charge in [-0.25, -0.2) is 4.98 Å². The van der Waals surface area contributed by atoms with E-state index in [-0.39, 0.29) is 17.3 Å². The molecule has 4 aromatic rings. The van der Waals surface area contributed by atoms with E-state index in [9.17, 15) is 14.4 Å². The second-order valence-corrected chi connectivity index (χ2v) is 7.53. The lowest BCUT2D eigenvalue weighted by atomic mass is 10.1. The SMILES string of the molecule is C[C@H](NC(=O)c1n[nH]c2cc(NCc3cccc(NC(=O)c4cnccn4)c3)ccc12)C(N)=O. The molecule has 0 aliphatic carbocycles. The summed E-state index contributed by atoms with van der Waals surface area (Å²) in [7, 11) is 0. The highest BCUT2D eigenvalue weighted by atomic mass is 16.2. The van der Waals surface area contributed by atoms with E-state index < -0.39 is 17.9 Å². The van der Waals surface area contributed by atoms with Crippen molar-refractivity contribution in [3.05, 3.63) is 78.0 Å². The molecule has 172 valence electrons. The van der Waals surface area contributed by atoms with Gasteiger partial charge in [0.15, 0.2) is 5.69 Å². The number of nitrogens with two attached hydrogens (primary N) is 1. The number of nitrogens with zero attached hydrogens (tertiary/aromatic N) is 3. The predicted octanol–water partition coefficient (Wildman–Crippen LogP) is 1.82. The van der Waals surface area contributed by atoms with Crippen molar-refractivity contribution < 1.29 is 14.4 Å². The van der Waals surface area contributed by atoms with E-state index in [0.29, 0.717) is 23.1 Å². The Labute approximate surface area is 194 Å². The van der Waals surface area contributed by atoms with Crippen LogP contribution < -0.4 is 21.7 Å². The largest absolute Gasteiger partial charge is 0.381 e. The molecule has 0 spiro atoms. The zero-order valence-corrected chi connectivity index (χ0v) is 18.2. The van der Waals surface area contributed by atoms with Gasteiger partial charge in [0.2, 0.25) is 5.91 Å². The molecule has 6 N–H and O–H groups in total. The third-order valence-corrected chi connectivity index (χ3v) is 5.03. The van der Waals surface area contributed by atoms with Gasteiger partial charge in [0.25, 0.3) is 11.8 Å². The first-order valence-electron chi connectivity index (χ1n) is 10.4. The molecule has 0 aliphatic rings. The molecule has 0 fully saturated rings. The van der Waals surface area contributed by atoms with E-state index >= 15 is 0 Å². The third-order valence-electron chi connectivity index (χ3n) is 5.03. The summed E-state index contributed by atoms with van der Waals surface area (Å²) < 4.78 is 0. The lowest BCUT2D eigenvalue weighted by molar-refractivity contribution is -0.119. The summed E-state index contributed by atoms with van der Waals surface area (Å²) in [6.07, 6.45) is 4.37. The minimum atomic E-state index is -0.804. The van der Waals surface area contributed by atoms with Crippen LogP contribution in [0.3, 0.4) is 0 Å². The number of carbonyl (C=O) groups excluding carboxylic acids is 3. The molecule has 0 aliphatic heterocycles. The number of hydrogen-bond acceptors (Lipinski definition) is 7. The monoisotopic (exact) mass is 458 g/mol. The Morgan fingerprint density at radius 3 is 2.68 bits per heavy atom. The molecule has 1 atom stereocenters. The highest BCUT2D eigenvalue weighted by molar-refractivity contribution is 6.06. The number of primary amides is 1. The number of anilines is 2. The Morgan fingerprint density at radius 1 is 1.06 bits per heavy atom. The van der Waals surface area contributed by atoms with Gasteiger partial charge in [-0.15, -0.1) is 0 Å². The molecule has 3 amide bonds. The van der Waals surface area contributed by atoms with E-state index in [0.717, 1.165) is 11.3 Å². The summed E-state index contributed by atoms with van der Waals surface area (Å²) >= 11 is 0. The number of carbonyl (C=O) groups is 3. The highest BCUT2D eigenvalue weighted by Gasteiger charge is 2.18. The maximum atomic E-state index is 12.4. The predicted molar refractivity (Wildman–Crippen MR) is 126 cm³/mol. The number of rotatable bonds is 8. The third kappa shape index (κ3) is 5.15. The number of aromatic amines is 1. The summed E-state index contributed by atoms with van der Waals surface area (Å²) in [6, 6.07) is 12.0. The summed E-state index contributed by atoms with van der Waals surface area (Å²) in [5, 5.41) is 16.1. The molecule has 0 unspecified atom stereocenters. The van der Waals surface area contributed by atoms with Crippen LogP contribution in [0.2, 0.25) is 0 Å². The van der Waals surface area contributed by atoms with Gasteiger partial charge in [-0.05, 0) is 42.8 Å². The second kappa shape index (κ2) is 9.77. The Morgan fingerprint density at radius 2 is 1.91 bits per heavy atom. The van der Waals surface area contributed by atoms with Gasteiger partial charge in [0, 0.05) is 35.7 Å². The van der Waals surface area contributed by atoms with Crippen molar-refractivity contribution in [2.45, 2.75) is 19.5 Å². The molecule has 34 heavy (non-hydrogen) atoms. The first-order chi connectivity index (χ1) is 16.4. The Hall–Kier alpha value is -4.80. The summed E-state index contributed by atoms with van der Waals surface area (Å²) in [6.45, 7) is 2.01. The Bertz CT molecular complexity index is 1350. The lowest BCUT2D eigenvalue weighted by Gasteiger charge is -2.10. The summed E-state index contributed by atoms with van der Waals surface area (Å²) in [5.41, 5.74) is 8.66. The fourth-order valence-electron chi connectivity index (χ4n) is 3.21. The number of H-pyrrole nitrogens is 1. The van der Waals surface area contributed by atoms with Crippen LogP contribution in [0.25, 0.3) is 10.9 Å². The maximum absolute atomic E-state index is 12.4. The van der Waals surface area contributed by atoms with Gasteiger partial charge in [-0.2, -0.15) is 5.10 Å². The molecule has 2 aromatic heterocycles. The maximum Gasteiger partial charge on any atom is 0.275 e. The van der Waals surface area contributed by atoms with Crippen molar-refractivity contribution in [1.82, 2.24) is 25.5 Å². The zero-order chi connectivity index (χ0) is 24.1. The minimum absolute atomic E-state index is 0.182. The molecule has 2 heterocycles. The van der Waals surface area contributed by atoms with Crippen molar-refractivity contribution in [1.29, 1.82) is 0 Å². The van der Waals surface area contributed by atoms with Gasteiger partial charge in [0.1, 0.15) is 11.7 Å². The average Bonchev–Trinajstić information content (AvgIpc) is 3.27. The van der Waals surface area contributed by atoms with Crippen LogP contribution in [0.15, 0.2) is 61.1 Å². The average molecular weight is 458 g/mol. The van der Waals surface area contributed by atoms with Gasteiger partial charge in [0.05, 0.1) is 11.7 Å². The van der Waals surface area contributed by atoms with E-state index in [1.165, 1.54) is 25.5 Å². The van der Waals surface area contributed by atoms with E-state index in [2.05, 4.69) is 36.1 Å². The molecule has 0 saturated carbocycles. The first kappa shape index (κ1) is 22.4. The summed E-state index contributed by atoms with van der Waals surface area (Å²) in [4.78, 5) is 43.7. The van der Waals surface area contributed by atoms with Gasteiger partial charge in [-0.3, -0.25) is 24.5 Å². The number of hydrogen-bond donors (Lipinski definition) is 5. The quantitative estimate of drug-likeness (QED) is 0.268. The van der Waals surface area contributed by atoms with Crippen molar-refractivity contribution in [3.8, 4) is 0 Å². The van der Waals surface area contributed by atoms with Crippen LogP contribution in [-0.2, 0) is 11.3 Å². The molecule has 2 aromatic carbocycles. The van der Waals surface area contributed by atoms with Crippen molar-refractivity contribution in [2.24, 2.45) is 5.73 Å². The Kier molecular flexibility index (Phi) is 6.44. The molecular formula is C23H22N8O3. The molecule has 11 heteroatoms. The van der Waals surface area contributed by atoms with Crippen LogP contribution in [0, 0.1) is 0 Å². The number of fused-ring (bicyclic) bond motifs is 1. The summed E-state index contributed by atoms with van der Waals surface area (Å²) in [5.74, 6) is -1.45. The standard InChI is InChI=1S/C23H22N8O3/c1-13(21(24)32)28-23(34)20-17-6-5-15(10-18(17)30-31-20)27-11-14-3-2-4-16(9-14)29-22(33)19-12-25-7-8-26-19/h2-10,12-13,27H,11H2,1H3,(H2,24,32)(H,28,34)(H,29,33)(H,30,31)/t13-/m0/s1. The van der Waals surface area contributed by atoms with Gasteiger partial charge < -0.3 is 21.7 Å². The van der Waals surface area contributed by atoms with Crippen LogP contribution in [0.1, 0.15) is 33.5 Å². The molecular weight excluding hydrogens is 436 g/mol. The molecule has 0 saturated heterocycles. The van der Waals surface area contributed by atoms with Crippen LogP contribution in [-0.4, -0.2) is 43.9 Å². The van der Waals surface area contributed by atoms with E-state index in [1.54, 1.807) is 12.1 Å². The van der Waals surface area contributed by atoms with Gasteiger partial charge in [-0.1, -0.05) is 12.1 Å².